The summed E-state index contributed by atoms with van der Waals surface area (Å²) in [7, 11) is -3.77. The molecular formula is C10H15N5O4S. The zero-order chi connectivity index (χ0) is 15.3. The van der Waals surface area contributed by atoms with Crippen LogP contribution in [0.2, 0.25) is 0 Å². The standard InChI is InChI=1S/C10H15N5O4S/c1-7(2)15(20(3,18)19)10(17)14-9(16)13-8-11-5-4-6-12-8/h4-7H,1-3H3,(H2,11,12,13,14,16,17). The van der Waals surface area contributed by atoms with Gasteiger partial charge in [-0.15, -0.1) is 0 Å². The van der Waals surface area contributed by atoms with Gasteiger partial charge in [0.15, 0.2) is 0 Å². The monoisotopic (exact) mass is 301 g/mol. The van der Waals surface area contributed by atoms with Crippen molar-refractivity contribution in [2.75, 3.05) is 11.6 Å². The molecule has 20 heavy (non-hydrogen) atoms. The highest BCUT2D eigenvalue weighted by Crippen LogP contribution is 2.05. The van der Waals surface area contributed by atoms with Gasteiger partial charge in [0.25, 0.3) is 0 Å². The van der Waals surface area contributed by atoms with Gasteiger partial charge in [0.05, 0.1) is 6.26 Å². The molecular weight excluding hydrogens is 286 g/mol. The smallest absolute Gasteiger partial charge is 0.276 e. The molecule has 0 unspecified atom stereocenters. The third-order valence-corrected chi connectivity index (χ3v) is 3.34. The molecule has 2 N–H and O–H groups in total. The van der Waals surface area contributed by atoms with Crippen molar-refractivity contribution in [2.24, 2.45) is 0 Å². The number of carbonyl (C=O) groups excluding carboxylic acids is 2. The number of carbonyl (C=O) groups is 2. The van der Waals surface area contributed by atoms with Crippen LogP contribution < -0.4 is 10.6 Å². The molecule has 0 aromatic carbocycles. The summed E-state index contributed by atoms with van der Waals surface area (Å²) in [5.41, 5.74) is 0. The Morgan fingerprint density at radius 3 is 2.25 bits per heavy atom. The summed E-state index contributed by atoms with van der Waals surface area (Å²) in [6.45, 7) is 3.03. The van der Waals surface area contributed by atoms with E-state index in [4.69, 9.17) is 0 Å². The molecule has 0 saturated carbocycles. The summed E-state index contributed by atoms with van der Waals surface area (Å²) in [5.74, 6) is -0.00625. The van der Waals surface area contributed by atoms with Crippen molar-refractivity contribution in [3.05, 3.63) is 18.5 Å². The summed E-state index contributed by atoms with van der Waals surface area (Å²) in [5, 5.41) is 4.10. The number of urea groups is 2. The highest BCUT2D eigenvalue weighted by atomic mass is 32.2. The van der Waals surface area contributed by atoms with E-state index in [1.54, 1.807) is 6.07 Å². The number of rotatable bonds is 3. The van der Waals surface area contributed by atoms with E-state index >= 15 is 0 Å². The summed E-state index contributed by atoms with van der Waals surface area (Å²) in [4.78, 5) is 30.8. The quantitative estimate of drug-likeness (QED) is 0.832. The van der Waals surface area contributed by atoms with Crippen molar-refractivity contribution in [2.45, 2.75) is 19.9 Å². The van der Waals surface area contributed by atoms with Gasteiger partial charge in [0.1, 0.15) is 0 Å². The Balaban J connectivity index is 2.72. The Morgan fingerprint density at radius 2 is 1.80 bits per heavy atom. The second kappa shape index (κ2) is 6.28. The lowest BCUT2D eigenvalue weighted by atomic mass is 10.4. The molecule has 0 bridgehead atoms. The second-order valence-corrected chi connectivity index (χ2v) is 5.97. The van der Waals surface area contributed by atoms with E-state index in [-0.39, 0.29) is 5.95 Å². The number of hydrogen-bond acceptors (Lipinski definition) is 6. The zero-order valence-corrected chi connectivity index (χ0v) is 12.0. The van der Waals surface area contributed by atoms with Gasteiger partial charge in [-0.3, -0.25) is 10.6 Å². The van der Waals surface area contributed by atoms with Gasteiger partial charge in [-0.25, -0.2) is 32.3 Å². The van der Waals surface area contributed by atoms with E-state index in [9.17, 15) is 18.0 Å². The normalized spacial score (nSPS) is 11.0. The summed E-state index contributed by atoms with van der Waals surface area (Å²) in [6, 6.07) is -1.03. The molecule has 110 valence electrons. The lowest BCUT2D eigenvalue weighted by molar-refractivity contribution is 0.213. The van der Waals surface area contributed by atoms with Crippen LogP contribution in [0.25, 0.3) is 0 Å². The molecule has 1 aromatic rings. The molecule has 1 rings (SSSR count). The summed E-state index contributed by atoms with van der Waals surface area (Å²) < 4.78 is 23.5. The maximum atomic E-state index is 11.8. The predicted molar refractivity (Wildman–Crippen MR) is 71.4 cm³/mol. The zero-order valence-electron chi connectivity index (χ0n) is 11.2. The number of nitrogens with one attached hydrogen (secondary N) is 2. The molecule has 0 aliphatic rings. The first-order valence-corrected chi connectivity index (χ1v) is 7.45. The molecule has 0 spiro atoms. The van der Waals surface area contributed by atoms with Crippen molar-refractivity contribution in [3.8, 4) is 0 Å². The third kappa shape index (κ3) is 4.46. The van der Waals surface area contributed by atoms with Crippen LogP contribution in [-0.4, -0.2) is 47.1 Å². The number of anilines is 1. The van der Waals surface area contributed by atoms with Crippen LogP contribution in [-0.2, 0) is 10.0 Å². The molecule has 0 radical (unpaired) electrons. The average Bonchev–Trinajstić information content (AvgIpc) is 2.26. The van der Waals surface area contributed by atoms with E-state index in [1.165, 1.54) is 26.2 Å². The SMILES string of the molecule is CC(C)N(C(=O)NC(=O)Nc1ncccn1)S(C)(=O)=O. The van der Waals surface area contributed by atoms with E-state index in [0.717, 1.165) is 6.26 Å². The van der Waals surface area contributed by atoms with E-state index in [2.05, 4.69) is 15.3 Å². The first kappa shape index (κ1) is 15.8. The molecule has 0 aliphatic heterocycles. The molecule has 9 nitrogen and oxygen atoms in total. The number of aromatic nitrogens is 2. The number of sulfonamides is 1. The fraction of sp³-hybridized carbons (Fsp3) is 0.400. The average molecular weight is 301 g/mol. The van der Waals surface area contributed by atoms with Gasteiger partial charge in [0, 0.05) is 18.4 Å². The van der Waals surface area contributed by atoms with Crippen LogP contribution >= 0.6 is 0 Å². The number of amides is 4. The van der Waals surface area contributed by atoms with Gasteiger partial charge in [-0.05, 0) is 19.9 Å². The number of hydrogen-bond donors (Lipinski definition) is 2. The summed E-state index contributed by atoms with van der Waals surface area (Å²) in [6.07, 6.45) is 3.69. The molecule has 4 amide bonds. The predicted octanol–water partition coefficient (Wildman–Crippen LogP) is 0.388. The molecule has 1 aromatic heterocycles. The Labute approximate surface area is 116 Å². The first-order valence-electron chi connectivity index (χ1n) is 5.60. The fourth-order valence-electron chi connectivity index (χ4n) is 1.42. The summed E-state index contributed by atoms with van der Waals surface area (Å²) >= 11 is 0. The van der Waals surface area contributed by atoms with Gasteiger partial charge >= 0.3 is 12.1 Å². The maximum absolute atomic E-state index is 11.8. The highest BCUT2D eigenvalue weighted by molar-refractivity contribution is 7.88. The highest BCUT2D eigenvalue weighted by Gasteiger charge is 2.27. The van der Waals surface area contributed by atoms with Crippen LogP contribution in [0.5, 0.6) is 0 Å². The third-order valence-electron chi connectivity index (χ3n) is 2.04. The maximum Gasteiger partial charge on any atom is 0.339 e. The molecule has 0 fully saturated rings. The topological polar surface area (TPSA) is 121 Å². The second-order valence-electron chi connectivity index (χ2n) is 4.11. The largest absolute Gasteiger partial charge is 0.339 e. The lowest BCUT2D eigenvalue weighted by Crippen LogP contribution is -2.49. The Bertz CT molecular complexity index is 587. The van der Waals surface area contributed by atoms with E-state index in [0.29, 0.717) is 4.31 Å². The van der Waals surface area contributed by atoms with Crippen molar-refractivity contribution in [3.63, 3.8) is 0 Å². The molecule has 10 heteroatoms. The first-order chi connectivity index (χ1) is 9.21. The molecule has 0 saturated heterocycles. The molecule has 0 aliphatic carbocycles. The van der Waals surface area contributed by atoms with Gasteiger partial charge in [0.2, 0.25) is 16.0 Å². The van der Waals surface area contributed by atoms with Crippen molar-refractivity contribution in [1.82, 2.24) is 19.6 Å². The Morgan fingerprint density at radius 1 is 1.25 bits per heavy atom. The Kier molecular flexibility index (Phi) is 4.97. The minimum absolute atomic E-state index is 0.00625. The number of imide groups is 1. The van der Waals surface area contributed by atoms with E-state index in [1.807, 2.05) is 5.32 Å². The Hall–Kier alpha value is -2.23. The molecule has 1 heterocycles. The number of nitrogens with zero attached hydrogens (tertiary/aromatic N) is 3. The minimum atomic E-state index is -3.77. The van der Waals surface area contributed by atoms with Crippen LogP contribution in [0.15, 0.2) is 18.5 Å². The van der Waals surface area contributed by atoms with Crippen LogP contribution in [0.3, 0.4) is 0 Å². The van der Waals surface area contributed by atoms with Crippen molar-refractivity contribution < 1.29 is 18.0 Å². The molecule has 0 atom stereocenters. The van der Waals surface area contributed by atoms with Gasteiger partial charge in [-0.1, -0.05) is 0 Å². The fourth-order valence-corrected chi connectivity index (χ4v) is 2.53. The van der Waals surface area contributed by atoms with Crippen LogP contribution in [0.4, 0.5) is 15.5 Å². The lowest BCUT2D eigenvalue weighted by Gasteiger charge is -2.23. The van der Waals surface area contributed by atoms with Crippen LogP contribution in [0.1, 0.15) is 13.8 Å². The van der Waals surface area contributed by atoms with E-state index < -0.39 is 28.1 Å². The van der Waals surface area contributed by atoms with Crippen LogP contribution in [0, 0.1) is 0 Å². The minimum Gasteiger partial charge on any atom is -0.276 e. The van der Waals surface area contributed by atoms with Crippen molar-refractivity contribution in [1.29, 1.82) is 0 Å². The van der Waals surface area contributed by atoms with Crippen molar-refractivity contribution >= 4 is 28.0 Å². The van der Waals surface area contributed by atoms with Gasteiger partial charge < -0.3 is 0 Å². The van der Waals surface area contributed by atoms with Gasteiger partial charge in [-0.2, -0.15) is 0 Å².